The van der Waals surface area contributed by atoms with Gasteiger partial charge in [-0.25, -0.2) is 0 Å². The number of ether oxygens (including phenoxy) is 3. The second-order valence-electron chi connectivity index (χ2n) is 4.35. The minimum absolute atomic E-state index is 0. The number of nitrogens with two attached hydrogens (primary N) is 2. The molecule has 0 saturated heterocycles. The Morgan fingerprint density at radius 2 is 1.35 bits per heavy atom. The zero-order valence-electron chi connectivity index (χ0n) is 13.7. The molecule has 0 fully saturated rings. The zero-order valence-corrected chi connectivity index (χ0v) is 16.2. The van der Waals surface area contributed by atoms with Gasteiger partial charge in [-0.15, -0.1) is 37.2 Å². The van der Waals surface area contributed by atoms with Crippen molar-refractivity contribution >= 4 is 37.2 Å². The smallest absolute Gasteiger partial charge is 0.203 e. The van der Waals surface area contributed by atoms with Crippen LogP contribution in [0.5, 0.6) is 17.2 Å². The standard InChI is InChI=1S/C14H25N3O3.3ClH/c1-18-12-5-4-11(13(19-2)14(12)20-3)10-17(8-6-15)9-7-16;;;/h4-5H,6-10,15-16H2,1-3H3;3*1H. The van der Waals surface area contributed by atoms with Crippen LogP contribution in [0.1, 0.15) is 5.56 Å². The van der Waals surface area contributed by atoms with Crippen molar-refractivity contribution < 1.29 is 14.2 Å². The Hall–Kier alpha value is -0.630. The van der Waals surface area contributed by atoms with E-state index in [1.165, 1.54) is 0 Å². The minimum atomic E-state index is 0. The molecule has 6 nitrogen and oxygen atoms in total. The lowest BCUT2D eigenvalue weighted by Crippen LogP contribution is -2.33. The summed E-state index contributed by atoms with van der Waals surface area (Å²) >= 11 is 0. The van der Waals surface area contributed by atoms with Crippen molar-refractivity contribution in [3.05, 3.63) is 17.7 Å². The third-order valence-corrected chi connectivity index (χ3v) is 3.07. The highest BCUT2D eigenvalue weighted by Crippen LogP contribution is 2.40. The molecule has 0 amide bonds. The topological polar surface area (TPSA) is 83.0 Å². The Kier molecular flexibility index (Phi) is 17.7. The fraction of sp³-hybridized carbons (Fsp3) is 0.571. The van der Waals surface area contributed by atoms with Crippen LogP contribution in [0.4, 0.5) is 0 Å². The molecule has 0 spiro atoms. The van der Waals surface area contributed by atoms with E-state index in [-0.39, 0.29) is 37.2 Å². The second-order valence-corrected chi connectivity index (χ2v) is 4.35. The summed E-state index contributed by atoms with van der Waals surface area (Å²) in [4.78, 5) is 2.18. The molecule has 0 radical (unpaired) electrons. The van der Waals surface area contributed by atoms with Crippen LogP contribution in [0.25, 0.3) is 0 Å². The van der Waals surface area contributed by atoms with Crippen LogP contribution in [0.3, 0.4) is 0 Å². The van der Waals surface area contributed by atoms with E-state index in [2.05, 4.69) is 4.90 Å². The molecule has 0 unspecified atom stereocenters. The van der Waals surface area contributed by atoms with E-state index >= 15 is 0 Å². The first-order chi connectivity index (χ1) is 9.71. The van der Waals surface area contributed by atoms with Gasteiger partial charge in [0.1, 0.15) is 0 Å². The maximum absolute atomic E-state index is 5.63. The highest BCUT2D eigenvalue weighted by atomic mass is 35.5. The van der Waals surface area contributed by atoms with Crippen molar-refractivity contribution in [1.29, 1.82) is 0 Å². The highest BCUT2D eigenvalue weighted by Gasteiger charge is 2.17. The molecule has 0 aliphatic rings. The van der Waals surface area contributed by atoms with Gasteiger partial charge in [-0.2, -0.15) is 0 Å². The lowest BCUT2D eigenvalue weighted by molar-refractivity contribution is 0.270. The van der Waals surface area contributed by atoms with Crippen LogP contribution in [0.2, 0.25) is 0 Å². The molecule has 23 heavy (non-hydrogen) atoms. The average molecular weight is 393 g/mol. The molecule has 0 bridgehead atoms. The van der Waals surface area contributed by atoms with Crippen LogP contribution in [-0.4, -0.2) is 52.4 Å². The number of hydrogen-bond acceptors (Lipinski definition) is 6. The average Bonchev–Trinajstić information content (AvgIpc) is 2.47. The van der Waals surface area contributed by atoms with E-state index in [0.29, 0.717) is 36.9 Å². The van der Waals surface area contributed by atoms with E-state index in [9.17, 15) is 0 Å². The summed E-state index contributed by atoms with van der Waals surface area (Å²) in [5.74, 6) is 1.94. The minimum Gasteiger partial charge on any atom is -0.493 e. The molecule has 0 aliphatic heterocycles. The lowest BCUT2D eigenvalue weighted by atomic mass is 10.1. The van der Waals surface area contributed by atoms with Crippen LogP contribution in [0.15, 0.2) is 12.1 Å². The SMILES string of the molecule is COc1ccc(CN(CCN)CCN)c(OC)c1OC.Cl.Cl.Cl. The molecule has 1 rings (SSSR count). The number of hydrogen-bond donors (Lipinski definition) is 2. The van der Waals surface area contributed by atoms with Crippen molar-refractivity contribution in [3.8, 4) is 17.2 Å². The third kappa shape index (κ3) is 7.65. The summed E-state index contributed by atoms with van der Waals surface area (Å²) in [6, 6.07) is 3.85. The van der Waals surface area contributed by atoms with Gasteiger partial charge >= 0.3 is 0 Å². The second kappa shape index (κ2) is 14.9. The number of benzene rings is 1. The molecule has 0 aliphatic carbocycles. The molecule has 0 saturated carbocycles. The van der Waals surface area contributed by atoms with Gasteiger partial charge < -0.3 is 25.7 Å². The largest absolute Gasteiger partial charge is 0.493 e. The van der Waals surface area contributed by atoms with E-state index in [1.54, 1.807) is 21.3 Å². The molecule has 0 heterocycles. The van der Waals surface area contributed by atoms with Gasteiger partial charge in [0.25, 0.3) is 0 Å². The number of methoxy groups -OCH3 is 3. The molecule has 9 heteroatoms. The normalized spacial score (nSPS) is 9.30. The molecule has 0 aromatic heterocycles. The first-order valence-electron chi connectivity index (χ1n) is 6.62. The summed E-state index contributed by atoms with van der Waals surface area (Å²) in [5, 5.41) is 0. The van der Waals surface area contributed by atoms with E-state index < -0.39 is 0 Å². The Labute approximate surface area is 157 Å². The molecule has 138 valence electrons. The predicted molar refractivity (Wildman–Crippen MR) is 101 cm³/mol. The molecule has 1 aromatic rings. The third-order valence-electron chi connectivity index (χ3n) is 3.07. The molecular weight excluding hydrogens is 365 g/mol. The summed E-state index contributed by atoms with van der Waals surface area (Å²) in [6.07, 6.45) is 0. The first kappa shape index (κ1) is 27.2. The van der Waals surface area contributed by atoms with Gasteiger partial charge in [0.15, 0.2) is 11.5 Å². The number of halogens is 3. The quantitative estimate of drug-likeness (QED) is 0.665. The van der Waals surface area contributed by atoms with Crippen molar-refractivity contribution in [1.82, 2.24) is 4.90 Å². The van der Waals surface area contributed by atoms with Crippen LogP contribution in [0, 0.1) is 0 Å². The molecule has 4 N–H and O–H groups in total. The monoisotopic (exact) mass is 391 g/mol. The maximum Gasteiger partial charge on any atom is 0.203 e. The highest BCUT2D eigenvalue weighted by molar-refractivity contribution is 5.86. The summed E-state index contributed by atoms with van der Waals surface area (Å²) in [7, 11) is 4.82. The fourth-order valence-electron chi connectivity index (χ4n) is 2.16. The maximum atomic E-state index is 5.63. The van der Waals surface area contributed by atoms with Gasteiger partial charge in [-0.3, -0.25) is 4.90 Å². The van der Waals surface area contributed by atoms with Crippen molar-refractivity contribution in [3.63, 3.8) is 0 Å². The number of nitrogens with zero attached hydrogens (tertiary/aromatic N) is 1. The number of rotatable bonds is 9. The Balaban J connectivity index is -0.00000133. The first-order valence-corrected chi connectivity index (χ1v) is 6.62. The van der Waals surface area contributed by atoms with E-state index in [0.717, 1.165) is 18.7 Å². The molecule has 1 aromatic carbocycles. The summed E-state index contributed by atoms with van der Waals surface area (Å²) in [6.45, 7) is 3.46. The zero-order chi connectivity index (χ0) is 15.0. The van der Waals surface area contributed by atoms with Crippen molar-refractivity contribution in [2.24, 2.45) is 11.5 Å². The van der Waals surface area contributed by atoms with Crippen LogP contribution in [-0.2, 0) is 6.54 Å². The van der Waals surface area contributed by atoms with E-state index in [4.69, 9.17) is 25.7 Å². The molecular formula is C14H28Cl3N3O3. The summed E-state index contributed by atoms with van der Waals surface area (Å²) < 4.78 is 16.1. The van der Waals surface area contributed by atoms with Crippen molar-refractivity contribution in [2.75, 3.05) is 47.5 Å². The van der Waals surface area contributed by atoms with Crippen LogP contribution >= 0.6 is 37.2 Å². The van der Waals surface area contributed by atoms with E-state index in [1.807, 2.05) is 12.1 Å². The lowest BCUT2D eigenvalue weighted by Gasteiger charge is -2.23. The van der Waals surface area contributed by atoms with Gasteiger partial charge in [-0.1, -0.05) is 6.07 Å². The van der Waals surface area contributed by atoms with Crippen molar-refractivity contribution in [2.45, 2.75) is 6.54 Å². The fourth-order valence-corrected chi connectivity index (χ4v) is 2.16. The summed E-state index contributed by atoms with van der Waals surface area (Å²) in [5.41, 5.74) is 12.3. The Morgan fingerprint density at radius 1 is 0.826 bits per heavy atom. The Bertz CT molecular complexity index is 420. The Morgan fingerprint density at radius 3 is 1.74 bits per heavy atom. The molecule has 0 atom stereocenters. The van der Waals surface area contributed by atoms with Gasteiger partial charge in [-0.05, 0) is 6.07 Å². The van der Waals surface area contributed by atoms with Crippen LogP contribution < -0.4 is 25.7 Å². The van der Waals surface area contributed by atoms with Gasteiger partial charge in [0.05, 0.1) is 21.3 Å². The van der Waals surface area contributed by atoms with Gasteiger partial charge in [0.2, 0.25) is 5.75 Å². The van der Waals surface area contributed by atoms with Gasteiger partial charge in [0, 0.05) is 38.3 Å². The predicted octanol–water partition coefficient (Wildman–Crippen LogP) is 1.70.